The lowest BCUT2D eigenvalue weighted by Gasteiger charge is -2.23. The first kappa shape index (κ1) is 14.9. The van der Waals surface area contributed by atoms with Gasteiger partial charge in [0.05, 0.1) is 18.8 Å². The number of aliphatic imine (C=N–C) groups is 1. The smallest absolute Gasteiger partial charge is 0.195 e. The lowest BCUT2D eigenvalue weighted by molar-refractivity contribution is 0.0499. The molecule has 1 heterocycles. The molecule has 1 aliphatic rings. The maximum atomic E-state index is 6.11. The van der Waals surface area contributed by atoms with Crippen LogP contribution in [0.15, 0.2) is 35.3 Å². The fourth-order valence-electron chi connectivity index (χ4n) is 2.62. The van der Waals surface area contributed by atoms with Gasteiger partial charge in [0.25, 0.3) is 0 Å². The largest absolute Gasteiger partial charge is 0.368 e. The highest BCUT2D eigenvalue weighted by Gasteiger charge is 2.26. The zero-order chi connectivity index (χ0) is 14.5. The summed E-state index contributed by atoms with van der Waals surface area (Å²) in [7, 11) is 8.06. The molecule has 0 saturated carbocycles. The van der Waals surface area contributed by atoms with Crippen molar-refractivity contribution in [1.29, 1.82) is 0 Å². The van der Waals surface area contributed by atoms with Crippen LogP contribution in [-0.4, -0.2) is 56.6 Å². The highest BCUT2D eigenvalue weighted by Crippen LogP contribution is 2.32. The maximum Gasteiger partial charge on any atom is 0.195 e. The van der Waals surface area contributed by atoms with Gasteiger partial charge in [-0.2, -0.15) is 0 Å². The lowest BCUT2D eigenvalue weighted by atomic mass is 10.1. The van der Waals surface area contributed by atoms with Gasteiger partial charge in [-0.3, -0.25) is 4.99 Å². The Balaban J connectivity index is 1.92. The zero-order valence-electron chi connectivity index (χ0n) is 12.9. The molecule has 1 aromatic rings. The third-order valence-electron chi connectivity index (χ3n) is 3.52. The van der Waals surface area contributed by atoms with E-state index < -0.39 is 0 Å². The highest BCUT2D eigenvalue weighted by molar-refractivity contribution is 5.79. The van der Waals surface area contributed by atoms with E-state index in [9.17, 15) is 0 Å². The fourth-order valence-corrected chi connectivity index (χ4v) is 2.62. The Labute approximate surface area is 122 Å². The van der Waals surface area contributed by atoms with Crippen LogP contribution in [0.25, 0.3) is 0 Å². The zero-order valence-corrected chi connectivity index (χ0v) is 12.9. The van der Waals surface area contributed by atoms with Crippen molar-refractivity contribution in [2.45, 2.75) is 25.0 Å². The second-order valence-corrected chi connectivity index (χ2v) is 5.66. The van der Waals surface area contributed by atoms with Gasteiger partial charge in [0.15, 0.2) is 5.96 Å². The molecule has 2 atom stereocenters. The number of ether oxygens (including phenoxy) is 1. The molecular weight excluding hydrogens is 250 g/mol. The Morgan fingerprint density at radius 3 is 2.35 bits per heavy atom. The van der Waals surface area contributed by atoms with Crippen molar-refractivity contribution >= 4 is 5.96 Å². The predicted molar refractivity (Wildman–Crippen MR) is 83.0 cm³/mol. The standard InChI is InChI=1S/C16H25N3O/c1-18(2)16(19(3)4)17-12-14-10-11-15(20-14)13-8-6-5-7-9-13/h5-9,14-15H,10-12H2,1-4H3/t14-,15+/m1/s1. The quantitative estimate of drug-likeness (QED) is 0.626. The van der Waals surface area contributed by atoms with Gasteiger partial charge in [0.1, 0.15) is 0 Å². The molecular formula is C16H25N3O. The van der Waals surface area contributed by atoms with Crippen LogP contribution in [0, 0.1) is 0 Å². The second kappa shape index (κ2) is 6.75. The van der Waals surface area contributed by atoms with E-state index in [0.717, 1.165) is 25.3 Å². The van der Waals surface area contributed by atoms with Crippen molar-refractivity contribution < 1.29 is 4.74 Å². The summed E-state index contributed by atoms with van der Waals surface area (Å²) in [6, 6.07) is 10.5. The van der Waals surface area contributed by atoms with Gasteiger partial charge in [0, 0.05) is 28.2 Å². The molecule has 0 N–H and O–H groups in total. The molecule has 2 rings (SSSR count). The average molecular weight is 275 g/mol. The summed E-state index contributed by atoms with van der Waals surface area (Å²) in [6.07, 6.45) is 2.63. The van der Waals surface area contributed by atoms with E-state index in [0.29, 0.717) is 0 Å². The van der Waals surface area contributed by atoms with Gasteiger partial charge >= 0.3 is 0 Å². The minimum Gasteiger partial charge on any atom is -0.368 e. The molecule has 110 valence electrons. The summed E-state index contributed by atoms with van der Waals surface area (Å²) in [4.78, 5) is 8.74. The van der Waals surface area contributed by atoms with Crippen LogP contribution >= 0.6 is 0 Å². The van der Waals surface area contributed by atoms with E-state index in [-0.39, 0.29) is 12.2 Å². The molecule has 0 bridgehead atoms. The van der Waals surface area contributed by atoms with Crippen LogP contribution in [-0.2, 0) is 4.74 Å². The Morgan fingerprint density at radius 2 is 1.75 bits per heavy atom. The number of hydrogen-bond donors (Lipinski definition) is 0. The van der Waals surface area contributed by atoms with Crippen molar-refractivity contribution in [3.63, 3.8) is 0 Å². The summed E-state index contributed by atoms with van der Waals surface area (Å²) in [5.74, 6) is 0.983. The maximum absolute atomic E-state index is 6.11. The summed E-state index contributed by atoms with van der Waals surface area (Å²) < 4.78 is 6.11. The van der Waals surface area contributed by atoms with E-state index >= 15 is 0 Å². The first-order valence-electron chi connectivity index (χ1n) is 7.17. The van der Waals surface area contributed by atoms with Crippen LogP contribution < -0.4 is 0 Å². The molecule has 1 saturated heterocycles. The summed E-state index contributed by atoms with van der Waals surface area (Å²) in [5, 5.41) is 0. The van der Waals surface area contributed by atoms with E-state index in [1.165, 1.54) is 5.56 Å². The Kier molecular flexibility index (Phi) is 5.01. The van der Waals surface area contributed by atoms with Crippen molar-refractivity contribution in [2.24, 2.45) is 4.99 Å². The molecule has 4 heteroatoms. The predicted octanol–water partition coefficient (Wildman–Crippen LogP) is 2.39. The molecule has 0 spiro atoms. The van der Waals surface area contributed by atoms with Crippen LogP contribution in [0.1, 0.15) is 24.5 Å². The third kappa shape index (κ3) is 3.73. The molecule has 4 nitrogen and oxygen atoms in total. The van der Waals surface area contributed by atoms with Crippen LogP contribution in [0.3, 0.4) is 0 Å². The van der Waals surface area contributed by atoms with E-state index in [1.807, 2.05) is 44.1 Å². The SMILES string of the molecule is CN(C)C(=NC[C@H]1CC[C@@H](c2ccccc2)O1)N(C)C. The summed E-state index contributed by atoms with van der Waals surface area (Å²) in [6.45, 7) is 0.731. The Morgan fingerprint density at radius 1 is 1.10 bits per heavy atom. The molecule has 0 unspecified atom stereocenters. The summed E-state index contributed by atoms with van der Waals surface area (Å²) >= 11 is 0. The van der Waals surface area contributed by atoms with E-state index in [4.69, 9.17) is 4.74 Å². The molecule has 0 aromatic heterocycles. The van der Waals surface area contributed by atoms with Gasteiger partial charge in [-0.05, 0) is 18.4 Å². The van der Waals surface area contributed by atoms with Gasteiger partial charge < -0.3 is 14.5 Å². The van der Waals surface area contributed by atoms with Gasteiger partial charge in [-0.1, -0.05) is 30.3 Å². The molecule has 0 amide bonds. The lowest BCUT2D eigenvalue weighted by Crippen LogP contribution is -2.36. The molecule has 1 aromatic carbocycles. The fraction of sp³-hybridized carbons (Fsp3) is 0.562. The van der Waals surface area contributed by atoms with Crippen molar-refractivity contribution in [2.75, 3.05) is 34.7 Å². The number of hydrogen-bond acceptors (Lipinski definition) is 2. The molecule has 0 aliphatic carbocycles. The van der Waals surface area contributed by atoms with Crippen molar-refractivity contribution in [1.82, 2.24) is 9.80 Å². The minimum atomic E-state index is 0.232. The Bertz CT molecular complexity index is 432. The van der Waals surface area contributed by atoms with Crippen LogP contribution in [0.5, 0.6) is 0 Å². The first-order chi connectivity index (χ1) is 9.58. The number of rotatable bonds is 3. The molecule has 1 fully saturated rings. The first-order valence-corrected chi connectivity index (χ1v) is 7.17. The van der Waals surface area contributed by atoms with Gasteiger partial charge in [-0.25, -0.2) is 0 Å². The Hall–Kier alpha value is -1.55. The molecule has 0 radical (unpaired) electrons. The van der Waals surface area contributed by atoms with Gasteiger partial charge in [-0.15, -0.1) is 0 Å². The van der Waals surface area contributed by atoms with E-state index in [1.54, 1.807) is 0 Å². The summed E-state index contributed by atoms with van der Waals surface area (Å²) in [5.41, 5.74) is 1.28. The highest BCUT2D eigenvalue weighted by atomic mass is 16.5. The second-order valence-electron chi connectivity index (χ2n) is 5.66. The van der Waals surface area contributed by atoms with Crippen molar-refractivity contribution in [3.8, 4) is 0 Å². The number of benzene rings is 1. The molecule has 20 heavy (non-hydrogen) atoms. The topological polar surface area (TPSA) is 28.1 Å². The van der Waals surface area contributed by atoms with Crippen LogP contribution in [0.4, 0.5) is 0 Å². The number of guanidine groups is 1. The number of nitrogens with zero attached hydrogens (tertiary/aromatic N) is 3. The van der Waals surface area contributed by atoms with Gasteiger partial charge in [0.2, 0.25) is 0 Å². The minimum absolute atomic E-state index is 0.232. The monoisotopic (exact) mass is 275 g/mol. The van der Waals surface area contributed by atoms with Crippen LogP contribution in [0.2, 0.25) is 0 Å². The molecule has 1 aliphatic heterocycles. The third-order valence-corrected chi connectivity index (χ3v) is 3.52. The average Bonchev–Trinajstić information content (AvgIpc) is 2.88. The normalized spacial score (nSPS) is 21.6. The van der Waals surface area contributed by atoms with Crippen molar-refractivity contribution in [3.05, 3.63) is 35.9 Å². The van der Waals surface area contributed by atoms with E-state index in [2.05, 4.69) is 29.3 Å².